The predicted octanol–water partition coefficient (Wildman–Crippen LogP) is 4.68. The van der Waals surface area contributed by atoms with Crippen LogP contribution in [0, 0.1) is 12.7 Å². The lowest BCUT2D eigenvalue weighted by molar-refractivity contribution is -0.127. The molecule has 1 N–H and O–H groups in total. The molecule has 2 amide bonds. The number of aromatic nitrogens is 4. The van der Waals surface area contributed by atoms with E-state index < -0.39 is 17.8 Å². The fourth-order valence-electron chi connectivity index (χ4n) is 4.57. The maximum Gasteiger partial charge on any atom is 0.251 e. The summed E-state index contributed by atoms with van der Waals surface area (Å²) in [5, 5.41) is 17.5. The van der Waals surface area contributed by atoms with Crippen molar-refractivity contribution >= 4 is 28.8 Å². The zero-order valence-corrected chi connectivity index (χ0v) is 21.2. The molecular formula is C27H27FN6O2S. The van der Waals surface area contributed by atoms with Crippen LogP contribution in [0.5, 0.6) is 0 Å². The Morgan fingerprint density at radius 1 is 1.11 bits per heavy atom. The molecule has 1 saturated carbocycles. The first-order valence-corrected chi connectivity index (χ1v) is 13.1. The minimum Gasteiger partial charge on any atom is -0.351 e. The molecule has 8 nitrogen and oxygen atoms in total. The third-order valence-electron chi connectivity index (χ3n) is 6.45. The van der Waals surface area contributed by atoms with Crippen molar-refractivity contribution in [2.75, 3.05) is 4.90 Å². The first kappa shape index (κ1) is 24.8. The van der Waals surface area contributed by atoms with Gasteiger partial charge in [-0.2, -0.15) is 4.80 Å². The van der Waals surface area contributed by atoms with E-state index in [1.807, 2.05) is 36.6 Å². The van der Waals surface area contributed by atoms with Crippen molar-refractivity contribution < 1.29 is 14.0 Å². The van der Waals surface area contributed by atoms with E-state index >= 15 is 0 Å². The Balaban J connectivity index is 1.51. The number of tetrazole rings is 1. The van der Waals surface area contributed by atoms with Crippen molar-refractivity contribution in [1.82, 2.24) is 25.5 Å². The third-order valence-corrected chi connectivity index (χ3v) is 7.31. The number of halogens is 1. The number of aryl methyl sites for hydroxylation is 1. The molecule has 2 aromatic carbocycles. The smallest absolute Gasteiger partial charge is 0.251 e. The number of benzene rings is 2. The highest BCUT2D eigenvalue weighted by molar-refractivity contribution is 7.13. The van der Waals surface area contributed by atoms with Gasteiger partial charge in [0.2, 0.25) is 11.7 Å². The number of rotatable bonds is 8. The van der Waals surface area contributed by atoms with Gasteiger partial charge in [0, 0.05) is 11.7 Å². The predicted molar refractivity (Wildman–Crippen MR) is 139 cm³/mol. The largest absolute Gasteiger partial charge is 0.351 e. The van der Waals surface area contributed by atoms with Crippen LogP contribution in [0.2, 0.25) is 0 Å². The Hall–Kier alpha value is -3.92. The first-order chi connectivity index (χ1) is 18.0. The maximum atomic E-state index is 13.9. The van der Waals surface area contributed by atoms with E-state index in [4.69, 9.17) is 0 Å². The molecule has 0 aliphatic heterocycles. The van der Waals surface area contributed by atoms with Crippen molar-refractivity contribution in [3.63, 3.8) is 0 Å². The fourth-order valence-corrected chi connectivity index (χ4v) is 5.22. The van der Waals surface area contributed by atoms with Gasteiger partial charge in [-0.3, -0.25) is 14.5 Å². The third kappa shape index (κ3) is 5.75. The van der Waals surface area contributed by atoms with E-state index in [1.54, 1.807) is 24.3 Å². The number of anilines is 1. The van der Waals surface area contributed by atoms with Crippen molar-refractivity contribution in [2.45, 2.75) is 51.2 Å². The van der Waals surface area contributed by atoms with E-state index in [0.29, 0.717) is 17.1 Å². The molecule has 1 fully saturated rings. The lowest BCUT2D eigenvalue weighted by Crippen LogP contribution is -2.47. The van der Waals surface area contributed by atoms with Crippen LogP contribution in [0.15, 0.2) is 66.0 Å². The Kier molecular flexibility index (Phi) is 7.36. The van der Waals surface area contributed by atoms with Gasteiger partial charge in [-0.15, -0.1) is 21.5 Å². The Labute approximate surface area is 218 Å². The van der Waals surface area contributed by atoms with Crippen molar-refractivity contribution in [1.29, 1.82) is 0 Å². The molecule has 2 aromatic heterocycles. The van der Waals surface area contributed by atoms with Crippen LogP contribution < -0.4 is 10.2 Å². The van der Waals surface area contributed by atoms with Gasteiger partial charge in [0.05, 0.1) is 4.88 Å². The van der Waals surface area contributed by atoms with E-state index in [0.717, 1.165) is 36.1 Å². The zero-order valence-electron chi connectivity index (χ0n) is 20.4. The molecule has 5 rings (SSSR count). The second-order valence-corrected chi connectivity index (χ2v) is 10.1. The summed E-state index contributed by atoms with van der Waals surface area (Å²) in [7, 11) is 0. The SMILES string of the molecule is Cc1ccc(N(C(=O)Cn2nnc(-c3cccs3)n2)[C@H](C(=O)NC2CCCC2)c2ccc(F)cc2)cc1. The minimum atomic E-state index is -1.00. The highest BCUT2D eigenvalue weighted by Gasteiger charge is 2.34. The highest BCUT2D eigenvalue weighted by atomic mass is 32.1. The van der Waals surface area contributed by atoms with E-state index in [2.05, 4.69) is 20.7 Å². The van der Waals surface area contributed by atoms with E-state index in [1.165, 1.54) is 33.2 Å². The molecule has 0 radical (unpaired) electrons. The molecule has 4 aromatic rings. The second-order valence-electron chi connectivity index (χ2n) is 9.16. The summed E-state index contributed by atoms with van der Waals surface area (Å²) in [5.41, 5.74) is 2.07. The van der Waals surface area contributed by atoms with Crippen LogP contribution in [0.25, 0.3) is 10.7 Å². The minimum absolute atomic E-state index is 0.0516. The molecule has 0 spiro atoms. The Morgan fingerprint density at radius 2 is 1.84 bits per heavy atom. The van der Waals surface area contributed by atoms with Crippen LogP contribution in [0.3, 0.4) is 0 Å². The second kappa shape index (κ2) is 11.0. The fraction of sp³-hybridized carbons (Fsp3) is 0.296. The van der Waals surface area contributed by atoms with E-state index in [9.17, 15) is 14.0 Å². The number of carbonyl (C=O) groups excluding carboxylic acids is 2. The molecule has 1 aliphatic rings. The lowest BCUT2D eigenvalue weighted by atomic mass is 10.0. The molecule has 2 heterocycles. The molecule has 37 heavy (non-hydrogen) atoms. The molecule has 190 valence electrons. The van der Waals surface area contributed by atoms with Crippen LogP contribution in [0.4, 0.5) is 10.1 Å². The van der Waals surface area contributed by atoms with Crippen LogP contribution >= 0.6 is 11.3 Å². The zero-order chi connectivity index (χ0) is 25.8. The first-order valence-electron chi connectivity index (χ1n) is 12.2. The molecular weight excluding hydrogens is 491 g/mol. The van der Waals surface area contributed by atoms with Crippen molar-refractivity contribution in [2.24, 2.45) is 0 Å². The quantitative estimate of drug-likeness (QED) is 0.366. The standard InChI is InChI=1S/C27H27FN6O2S/c1-18-8-14-22(15-9-18)34(24(35)17-33-31-26(30-32-33)23-7-4-16-37-23)25(19-10-12-20(28)13-11-19)27(36)29-21-5-2-3-6-21/h4,7-16,21,25H,2-3,5-6,17H2,1H3,(H,29,36)/t25-/m0/s1. The Bertz CT molecular complexity index is 1350. The lowest BCUT2D eigenvalue weighted by Gasteiger charge is -2.32. The van der Waals surface area contributed by atoms with Gasteiger partial charge in [0.1, 0.15) is 18.4 Å². The van der Waals surface area contributed by atoms with Gasteiger partial charge < -0.3 is 5.32 Å². The number of carbonyl (C=O) groups is 2. The summed E-state index contributed by atoms with van der Waals surface area (Å²) in [6.45, 7) is 1.73. The number of hydrogen-bond acceptors (Lipinski definition) is 6. The molecule has 1 aliphatic carbocycles. The molecule has 0 bridgehead atoms. The van der Waals surface area contributed by atoms with Gasteiger partial charge >= 0.3 is 0 Å². The van der Waals surface area contributed by atoms with Gasteiger partial charge in [0.25, 0.3) is 5.91 Å². The average Bonchev–Trinajstić information content (AvgIpc) is 3.67. The van der Waals surface area contributed by atoms with Crippen molar-refractivity contribution in [3.8, 4) is 10.7 Å². The van der Waals surface area contributed by atoms with Crippen LogP contribution in [-0.2, 0) is 16.1 Å². The topological polar surface area (TPSA) is 93.0 Å². The van der Waals surface area contributed by atoms with Gasteiger partial charge in [-0.25, -0.2) is 4.39 Å². The molecule has 1 atom stereocenters. The number of nitrogens with zero attached hydrogens (tertiary/aromatic N) is 5. The summed E-state index contributed by atoms with van der Waals surface area (Å²) in [5.74, 6) is -0.688. The maximum absolute atomic E-state index is 13.9. The van der Waals surface area contributed by atoms with Crippen molar-refractivity contribution in [3.05, 3.63) is 83.0 Å². The summed E-state index contributed by atoms with van der Waals surface area (Å²) < 4.78 is 13.8. The number of nitrogens with one attached hydrogen (secondary N) is 1. The summed E-state index contributed by atoms with van der Waals surface area (Å²) in [4.78, 5) is 31.1. The van der Waals surface area contributed by atoms with Crippen LogP contribution in [0.1, 0.15) is 42.9 Å². The number of thiophene rings is 1. The summed E-state index contributed by atoms with van der Waals surface area (Å²) in [6, 6.07) is 15.9. The summed E-state index contributed by atoms with van der Waals surface area (Å²) >= 11 is 1.48. The molecule has 0 saturated heterocycles. The molecule has 0 unspecified atom stereocenters. The number of amides is 2. The van der Waals surface area contributed by atoms with Crippen LogP contribution in [-0.4, -0.2) is 38.1 Å². The van der Waals surface area contributed by atoms with Gasteiger partial charge in [0.15, 0.2) is 0 Å². The van der Waals surface area contributed by atoms with E-state index in [-0.39, 0.29) is 18.5 Å². The van der Waals surface area contributed by atoms with Gasteiger partial charge in [-0.05, 0) is 66.3 Å². The molecule has 10 heteroatoms. The van der Waals surface area contributed by atoms with Gasteiger partial charge in [-0.1, -0.05) is 48.7 Å². The summed E-state index contributed by atoms with van der Waals surface area (Å²) in [6.07, 6.45) is 3.90. The normalized spacial score (nSPS) is 14.4. The number of hydrogen-bond donors (Lipinski definition) is 1. The monoisotopic (exact) mass is 518 g/mol. The highest BCUT2D eigenvalue weighted by Crippen LogP contribution is 2.30. The Morgan fingerprint density at radius 3 is 2.51 bits per heavy atom. The average molecular weight is 519 g/mol.